The predicted molar refractivity (Wildman–Crippen MR) is 112 cm³/mol. The van der Waals surface area contributed by atoms with Crippen LogP contribution in [0.3, 0.4) is 0 Å². The van der Waals surface area contributed by atoms with Gasteiger partial charge in [0.05, 0.1) is 28.9 Å². The summed E-state index contributed by atoms with van der Waals surface area (Å²) in [5.74, 6) is -4.87. The fraction of sp³-hybridized carbons (Fsp3) is 0.136. The predicted octanol–water partition coefficient (Wildman–Crippen LogP) is 4.12. The number of methoxy groups -OCH3 is 1. The van der Waals surface area contributed by atoms with Gasteiger partial charge in [0.2, 0.25) is 0 Å². The van der Waals surface area contributed by atoms with Gasteiger partial charge in [-0.05, 0) is 36.2 Å². The molecule has 0 aliphatic carbocycles. The molecule has 32 heavy (non-hydrogen) atoms. The minimum Gasteiger partial charge on any atom is -0.496 e. The molecule has 10 heteroatoms. The summed E-state index contributed by atoms with van der Waals surface area (Å²) in [5.41, 5.74) is 0.623. The number of ether oxygens (including phenoxy) is 1. The third-order valence-corrected chi connectivity index (χ3v) is 6.92. The lowest BCUT2D eigenvalue weighted by atomic mass is 10.1. The number of nitrogens with one attached hydrogen (secondary N) is 1. The third-order valence-electron chi connectivity index (χ3n) is 5.11. The highest BCUT2D eigenvalue weighted by atomic mass is 32.2. The van der Waals surface area contributed by atoms with Gasteiger partial charge in [-0.1, -0.05) is 18.2 Å². The minimum atomic E-state index is -4.01. The van der Waals surface area contributed by atoms with Crippen LogP contribution in [0.25, 0.3) is 0 Å². The van der Waals surface area contributed by atoms with Crippen molar-refractivity contribution in [2.75, 3.05) is 23.3 Å². The number of sulfonamides is 1. The highest BCUT2D eigenvalue weighted by Gasteiger charge is 2.31. The molecule has 0 unspecified atom stereocenters. The molecule has 1 heterocycles. The van der Waals surface area contributed by atoms with E-state index in [1.165, 1.54) is 23.5 Å². The quantitative estimate of drug-likeness (QED) is 0.579. The first-order valence-electron chi connectivity index (χ1n) is 9.47. The van der Waals surface area contributed by atoms with Crippen LogP contribution < -0.4 is 14.4 Å². The van der Waals surface area contributed by atoms with E-state index >= 15 is 0 Å². The average Bonchev–Trinajstić information content (AvgIpc) is 3.22. The zero-order valence-corrected chi connectivity index (χ0v) is 17.5. The summed E-state index contributed by atoms with van der Waals surface area (Å²) >= 11 is 0. The summed E-state index contributed by atoms with van der Waals surface area (Å²) < 4.78 is 73.5. The van der Waals surface area contributed by atoms with Crippen LogP contribution in [-0.4, -0.2) is 28.0 Å². The van der Waals surface area contributed by atoms with Gasteiger partial charge in [-0.25, -0.2) is 21.6 Å². The Morgan fingerprint density at radius 1 is 1.00 bits per heavy atom. The van der Waals surface area contributed by atoms with E-state index in [2.05, 4.69) is 5.32 Å². The van der Waals surface area contributed by atoms with E-state index in [4.69, 9.17) is 4.74 Å². The minimum absolute atomic E-state index is 0.0197. The van der Waals surface area contributed by atoms with E-state index < -0.39 is 39.1 Å². The van der Waals surface area contributed by atoms with Crippen LogP contribution in [0.15, 0.2) is 59.5 Å². The summed E-state index contributed by atoms with van der Waals surface area (Å²) in [6, 6.07) is 11.6. The molecule has 1 aliphatic heterocycles. The fourth-order valence-electron chi connectivity index (χ4n) is 3.52. The molecule has 4 rings (SSSR count). The molecule has 166 valence electrons. The van der Waals surface area contributed by atoms with Crippen LogP contribution in [0.4, 0.5) is 24.5 Å². The standard InChI is InChI=1S/C22H17F3N2O4S/c1-31-21-7-6-14(32(29,30)27-9-8-13-4-2-3-5-20(13)27)10-15(21)22(28)26-19-12-17(24)16(23)11-18(19)25/h2-7,10-12H,8-9H2,1H3,(H,26,28). The Bertz CT molecular complexity index is 1330. The molecule has 6 nitrogen and oxygen atoms in total. The Morgan fingerprint density at radius 2 is 1.72 bits per heavy atom. The van der Waals surface area contributed by atoms with Crippen LogP contribution in [-0.2, 0) is 16.4 Å². The Hall–Kier alpha value is -3.53. The molecule has 0 spiro atoms. The molecule has 3 aromatic rings. The zero-order chi connectivity index (χ0) is 23.0. The molecule has 0 bridgehead atoms. The van der Waals surface area contributed by atoms with Gasteiger partial charge in [-0.2, -0.15) is 0 Å². The molecule has 0 fully saturated rings. The van der Waals surface area contributed by atoms with Crippen molar-refractivity contribution in [3.8, 4) is 5.75 Å². The monoisotopic (exact) mass is 462 g/mol. The molecule has 0 aromatic heterocycles. The van der Waals surface area contributed by atoms with Crippen molar-refractivity contribution in [1.29, 1.82) is 0 Å². The van der Waals surface area contributed by atoms with E-state index in [-0.39, 0.29) is 22.8 Å². The van der Waals surface area contributed by atoms with Crippen molar-refractivity contribution in [2.45, 2.75) is 11.3 Å². The van der Waals surface area contributed by atoms with Crippen LogP contribution in [0, 0.1) is 17.5 Å². The van der Waals surface area contributed by atoms with Gasteiger partial charge < -0.3 is 10.1 Å². The number of benzene rings is 3. The van der Waals surface area contributed by atoms with Gasteiger partial charge in [0.25, 0.3) is 15.9 Å². The lowest BCUT2D eigenvalue weighted by Crippen LogP contribution is -2.29. The maximum Gasteiger partial charge on any atom is 0.264 e. The summed E-state index contributed by atoms with van der Waals surface area (Å²) in [7, 11) is -2.74. The Balaban J connectivity index is 1.70. The fourth-order valence-corrected chi connectivity index (χ4v) is 5.05. The van der Waals surface area contributed by atoms with Crippen molar-refractivity contribution in [2.24, 2.45) is 0 Å². The normalized spacial score (nSPS) is 13.1. The number of carbonyl (C=O) groups is 1. The van der Waals surface area contributed by atoms with Crippen LogP contribution >= 0.6 is 0 Å². The zero-order valence-electron chi connectivity index (χ0n) is 16.7. The molecule has 1 aliphatic rings. The molecule has 3 aromatic carbocycles. The second-order valence-electron chi connectivity index (χ2n) is 7.02. The second kappa shape index (κ2) is 8.19. The average molecular weight is 462 g/mol. The van der Waals surface area contributed by atoms with E-state index in [9.17, 15) is 26.4 Å². The van der Waals surface area contributed by atoms with Crippen molar-refractivity contribution in [1.82, 2.24) is 0 Å². The summed E-state index contributed by atoms with van der Waals surface area (Å²) in [6.07, 6.45) is 0.550. The summed E-state index contributed by atoms with van der Waals surface area (Å²) in [5, 5.41) is 2.12. The number of nitrogens with zero attached hydrogens (tertiary/aromatic N) is 1. The van der Waals surface area contributed by atoms with E-state index in [0.29, 0.717) is 24.2 Å². The molecule has 1 amide bonds. The summed E-state index contributed by atoms with van der Waals surface area (Å²) in [4.78, 5) is 12.6. The SMILES string of the molecule is COc1ccc(S(=O)(=O)N2CCc3ccccc32)cc1C(=O)Nc1cc(F)c(F)cc1F. The first-order chi connectivity index (χ1) is 15.2. The summed E-state index contributed by atoms with van der Waals surface area (Å²) in [6.45, 7) is 0.245. The number of carbonyl (C=O) groups excluding carboxylic acids is 1. The van der Waals surface area contributed by atoms with Gasteiger partial charge in [0.1, 0.15) is 11.6 Å². The van der Waals surface area contributed by atoms with Crippen LogP contribution in [0.1, 0.15) is 15.9 Å². The number of anilines is 2. The van der Waals surface area contributed by atoms with Crippen molar-refractivity contribution in [3.05, 3.63) is 83.2 Å². The third kappa shape index (κ3) is 3.77. The van der Waals surface area contributed by atoms with Crippen molar-refractivity contribution < 1.29 is 31.1 Å². The van der Waals surface area contributed by atoms with Gasteiger partial charge >= 0.3 is 0 Å². The van der Waals surface area contributed by atoms with Gasteiger partial charge in [-0.15, -0.1) is 0 Å². The maximum atomic E-state index is 13.9. The van der Waals surface area contributed by atoms with Crippen LogP contribution in [0.2, 0.25) is 0 Å². The number of rotatable bonds is 5. The lowest BCUT2D eigenvalue weighted by Gasteiger charge is -2.20. The number of amides is 1. The van der Waals surface area contributed by atoms with Crippen molar-refractivity contribution in [3.63, 3.8) is 0 Å². The molecular formula is C22H17F3N2O4S. The number of fused-ring (bicyclic) bond motifs is 1. The Morgan fingerprint density at radius 3 is 2.47 bits per heavy atom. The second-order valence-corrected chi connectivity index (χ2v) is 8.88. The number of para-hydroxylation sites is 1. The van der Waals surface area contributed by atoms with E-state index in [0.717, 1.165) is 11.6 Å². The Kier molecular flexibility index (Phi) is 5.55. The molecule has 1 N–H and O–H groups in total. The van der Waals surface area contributed by atoms with Crippen molar-refractivity contribution >= 4 is 27.3 Å². The van der Waals surface area contributed by atoms with Gasteiger partial charge in [0.15, 0.2) is 11.6 Å². The molecule has 0 saturated heterocycles. The molecular weight excluding hydrogens is 445 g/mol. The van der Waals surface area contributed by atoms with Gasteiger partial charge in [0, 0.05) is 18.7 Å². The number of halogens is 3. The number of hydrogen-bond acceptors (Lipinski definition) is 4. The largest absolute Gasteiger partial charge is 0.496 e. The van der Waals surface area contributed by atoms with Gasteiger partial charge in [-0.3, -0.25) is 9.10 Å². The lowest BCUT2D eigenvalue weighted by molar-refractivity contribution is 0.102. The number of hydrogen-bond donors (Lipinski definition) is 1. The van der Waals surface area contributed by atoms with Crippen LogP contribution in [0.5, 0.6) is 5.75 Å². The highest BCUT2D eigenvalue weighted by molar-refractivity contribution is 7.92. The molecule has 0 radical (unpaired) electrons. The smallest absolute Gasteiger partial charge is 0.264 e. The molecule has 0 atom stereocenters. The Labute approximate surface area is 182 Å². The highest BCUT2D eigenvalue weighted by Crippen LogP contribution is 2.34. The van der Waals surface area contributed by atoms with E-state index in [1.807, 2.05) is 12.1 Å². The van der Waals surface area contributed by atoms with E-state index in [1.54, 1.807) is 12.1 Å². The first-order valence-corrected chi connectivity index (χ1v) is 10.9. The maximum absolute atomic E-state index is 13.9. The first kappa shape index (κ1) is 21.7. The molecule has 0 saturated carbocycles. The topological polar surface area (TPSA) is 75.7 Å².